The molecule has 2 N–H and O–H groups in total. The molecule has 2 heterocycles. The van der Waals surface area contributed by atoms with Crippen molar-refractivity contribution >= 4 is 45.2 Å². The van der Waals surface area contributed by atoms with Gasteiger partial charge in [-0.1, -0.05) is 41.9 Å². The van der Waals surface area contributed by atoms with E-state index in [0.717, 1.165) is 40.2 Å². The molecule has 180 valence electrons. The fraction of sp³-hybridized carbons (Fsp3) is 0.321. The van der Waals surface area contributed by atoms with Crippen LogP contribution >= 0.6 is 11.6 Å². The number of aromatic nitrogens is 2. The highest BCUT2D eigenvalue weighted by Crippen LogP contribution is 2.38. The maximum Gasteiger partial charge on any atom is 0.309 e. The van der Waals surface area contributed by atoms with Crippen LogP contribution in [0.1, 0.15) is 48.7 Å². The largest absolute Gasteiger partial charge is 0.481 e. The Morgan fingerprint density at radius 2 is 1.86 bits per heavy atom. The predicted molar refractivity (Wildman–Crippen MR) is 138 cm³/mol. The van der Waals surface area contributed by atoms with Crippen molar-refractivity contribution in [3.8, 4) is 0 Å². The van der Waals surface area contributed by atoms with Crippen LogP contribution in [0.4, 0.5) is 0 Å². The van der Waals surface area contributed by atoms with Crippen LogP contribution in [0.25, 0.3) is 21.7 Å². The van der Waals surface area contributed by atoms with Crippen LogP contribution in [0.3, 0.4) is 0 Å². The van der Waals surface area contributed by atoms with Crippen LogP contribution in [-0.2, 0) is 11.3 Å². The molecule has 0 saturated heterocycles. The van der Waals surface area contributed by atoms with Gasteiger partial charge in [-0.05, 0) is 62.1 Å². The van der Waals surface area contributed by atoms with Gasteiger partial charge in [-0.2, -0.15) is 0 Å². The molecule has 1 aliphatic carbocycles. The van der Waals surface area contributed by atoms with Gasteiger partial charge in [0.2, 0.25) is 0 Å². The number of carboxylic acids is 1. The van der Waals surface area contributed by atoms with Gasteiger partial charge in [-0.25, -0.2) is 0 Å². The third-order valence-electron chi connectivity index (χ3n) is 7.40. The minimum absolute atomic E-state index is 0.210. The molecule has 0 bridgehead atoms. The first kappa shape index (κ1) is 23.4. The zero-order valence-electron chi connectivity index (χ0n) is 19.6. The van der Waals surface area contributed by atoms with Gasteiger partial charge >= 0.3 is 5.97 Å². The average molecular weight is 490 g/mol. The molecule has 35 heavy (non-hydrogen) atoms. The topological polar surface area (TPSA) is 84.2 Å². The molecule has 0 unspecified atom stereocenters. The zero-order chi connectivity index (χ0) is 24.6. The lowest BCUT2D eigenvalue weighted by Crippen LogP contribution is -2.37. The number of benzene rings is 2. The number of carbonyl (C=O) groups is 2. The molecule has 6 nitrogen and oxygen atoms in total. The van der Waals surface area contributed by atoms with Crippen LogP contribution < -0.4 is 5.32 Å². The summed E-state index contributed by atoms with van der Waals surface area (Å²) in [6.45, 7) is 2.84. The zero-order valence-corrected chi connectivity index (χ0v) is 20.4. The van der Waals surface area contributed by atoms with E-state index < -0.39 is 11.4 Å². The average Bonchev–Trinajstić information content (AvgIpc) is 3.25. The molecule has 0 radical (unpaired) electrons. The summed E-state index contributed by atoms with van der Waals surface area (Å²) < 4.78 is 2.02. The van der Waals surface area contributed by atoms with Crippen molar-refractivity contribution in [2.45, 2.75) is 39.2 Å². The SMILES string of the molecule is C[C@]1(C(=O)O)CC[C@H](CNC(=O)c2c(Cl)ccc3ccn(Cc4cc5ccccc5cn4)c23)CC1. The maximum atomic E-state index is 13.3. The number of hydrogen-bond donors (Lipinski definition) is 2. The molecular formula is C28H28ClN3O3. The number of carboxylic acid groups (broad SMARTS) is 1. The molecule has 4 aromatic rings. The summed E-state index contributed by atoms with van der Waals surface area (Å²) in [7, 11) is 0. The number of aliphatic carboxylic acids is 1. The lowest BCUT2D eigenvalue weighted by molar-refractivity contribution is -0.150. The molecule has 1 saturated carbocycles. The third kappa shape index (κ3) is 4.63. The number of nitrogens with zero attached hydrogens (tertiary/aromatic N) is 2. The summed E-state index contributed by atoms with van der Waals surface area (Å²) in [6.07, 6.45) is 6.65. The summed E-state index contributed by atoms with van der Waals surface area (Å²) in [5.74, 6) is -0.684. The molecule has 1 aliphatic rings. The summed E-state index contributed by atoms with van der Waals surface area (Å²) in [5.41, 5.74) is 1.48. The minimum atomic E-state index is -0.736. The van der Waals surface area contributed by atoms with E-state index in [1.807, 2.05) is 54.2 Å². The number of nitrogens with one attached hydrogen (secondary N) is 1. The van der Waals surface area contributed by atoms with Crippen LogP contribution in [0, 0.1) is 11.3 Å². The quantitative estimate of drug-likeness (QED) is 0.353. The van der Waals surface area contributed by atoms with Crippen LogP contribution in [0.5, 0.6) is 0 Å². The standard InChI is InChI=1S/C28H28ClN3O3/c1-28(27(34)35)11-8-18(9-12-28)15-31-26(33)24-23(29)7-6-19-10-13-32(25(19)24)17-22-14-20-4-2-3-5-21(20)16-30-22/h2-7,10,13-14,16,18H,8-9,11-12,15,17H2,1H3,(H,31,33)(H,34,35)/t18-,28-. The lowest BCUT2D eigenvalue weighted by atomic mass is 9.72. The van der Waals surface area contributed by atoms with Gasteiger partial charge < -0.3 is 15.0 Å². The lowest BCUT2D eigenvalue weighted by Gasteiger charge is -2.33. The first-order valence-electron chi connectivity index (χ1n) is 12.0. The van der Waals surface area contributed by atoms with Crippen molar-refractivity contribution in [3.05, 3.63) is 77.2 Å². The summed E-state index contributed by atoms with van der Waals surface area (Å²) >= 11 is 6.55. The Balaban J connectivity index is 1.36. The summed E-state index contributed by atoms with van der Waals surface area (Å²) in [5, 5.41) is 16.1. The Morgan fingerprint density at radius 1 is 1.11 bits per heavy atom. The monoisotopic (exact) mass is 489 g/mol. The van der Waals surface area contributed by atoms with Gasteiger partial charge in [0.05, 0.1) is 33.8 Å². The Kier molecular flexibility index (Phi) is 6.24. The second kappa shape index (κ2) is 9.34. The Hall–Kier alpha value is -3.38. The molecule has 2 aromatic heterocycles. The number of hydrogen-bond acceptors (Lipinski definition) is 3. The van der Waals surface area contributed by atoms with Gasteiger partial charge in [-0.3, -0.25) is 14.6 Å². The minimum Gasteiger partial charge on any atom is -0.481 e. The van der Waals surface area contributed by atoms with E-state index in [2.05, 4.69) is 22.4 Å². The van der Waals surface area contributed by atoms with Gasteiger partial charge in [0.25, 0.3) is 5.91 Å². The van der Waals surface area contributed by atoms with Gasteiger partial charge in [0.1, 0.15) is 0 Å². The summed E-state index contributed by atoms with van der Waals surface area (Å²) in [4.78, 5) is 29.4. The van der Waals surface area contributed by atoms with Gasteiger partial charge in [0.15, 0.2) is 0 Å². The second-order valence-corrected chi connectivity index (χ2v) is 10.3. The fourth-order valence-corrected chi connectivity index (χ4v) is 5.31. The molecule has 0 spiro atoms. The van der Waals surface area contributed by atoms with Crippen molar-refractivity contribution in [2.75, 3.05) is 6.54 Å². The van der Waals surface area contributed by atoms with Crippen LogP contribution in [-0.4, -0.2) is 33.1 Å². The van der Waals surface area contributed by atoms with E-state index in [1.165, 1.54) is 0 Å². The second-order valence-electron chi connectivity index (χ2n) is 9.85. The number of rotatable bonds is 6. The molecule has 2 aromatic carbocycles. The maximum absolute atomic E-state index is 13.3. The van der Waals surface area contributed by atoms with Crippen molar-refractivity contribution in [3.63, 3.8) is 0 Å². The van der Waals surface area contributed by atoms with E-state index >= 15 is 0 Å². The third-order valence-corrected chi connectivity index (χ3v) is 7.72. The first-order valence-corrected chi connectivity index (χ1v) is 12.3. The molecule has 1 fully saturated rings. The van der Waals surface area contributed by atoms with E-state index in [1.54, 1.807) is 6.07 Å². The summed E-state index contributed by atoms with van der Waals surface area (Å²) in [6, 6.07) is 15.8. The molecule has 5 rings (SSSR count). The Labute approximate surface area is 208 Å². The van der Waals surface area contributed by atoms with Crippen molar-refractivity contribution in [1.82, 2.24) is 14.9 Å². The number of carbonyl (C=O) groups excluding carboxylic acids is 1. The predicted octanol–water partition coefficient (Wildman–Crippen LogP) is 5.90. The van der Waals surface area contributed by atoms with Crippen molar-refractivity contribution < 1.29 is 14.7 Å². The Bertz CT molecular complexity index is 1420. The molecule has 7 heteroatoms. The molecule has 0 atom stereocenters. The smallest absolute Gasteiger partial charge is 0.309 e. The first-order chi connectivity index (χ1) is 16.8. The van der Waals surface area contributed by atoms with E-state index in [0.29, 0.717) is 36.5 Å². The van der Waals surface area contributed by atoms with Gasteiger partial charge in [-0.15, -0.1) is 0 Å². The Morgan fingerprint density at radius 3 is 2.60 bits per heavy atom. The fourth-order valence-electron chi connectivity index (χ4n) is 5.07. The number of pyridine rings is 1. The molecular weight excluding hydrogens is 462 g/mol. The van der Waals surface area contributed by atoms with Crippen molar-refractivity contribution in [2.24, 2.45) is 11.3 Å². The highest BCUT2D eigenvalue weighted by Gasteiger charge is 2.37. The van der Waals surface area contributed by atoms with Crippen LogP contribution in [0.15, 0.2) is 60.9 Å². The van der Waals surface area contributed by atoms with Crippen molar-refractivity contribution in [1.29, 1.82) is 0 Å². The molecule has 0 aliphatic heterocycles. The van der Waals surface area contributed by atoms with Crippen LogP contribution in [0.2, 0.25) is 5.02 Å². The van der Waals surface area contributed by atoms with E-state index in [4.69, 9.17) is 11.6 Å². The normalized spacial score (nSPS) is 20.2. The van der Waals surface area contributed by atoms with E-state index in [-0.39, 0.29) is 11.8 Å². The van der Waals surface area contributed by atoms with Gasteiger partial charge in [0, 0.05) is 29.7 Å². The number of halogens is 1. The number of fused-ring (bicyclic) bond motifs is 2. The van der Waals surface area contributed by atoms with E-state index in [9.17, 15) is 14.7 Å². The highest BCUT2D eigenvalue weighted by atomic mass is 35.5. The number of amides is 1. The highest BCUT2D eigenvalue weighted by molar-refractivity contribution is 6.35. The molecule has 1 amide bonds.